The number of nitrogens with zero attached hydrogens (tertiary/aromatic N) is 3. The molecule has 4 rings (SSSR count). The van der Waals surface area contributed by atoms with Crippen LogP contribution in [0.2, 0.25) is 0 Å². The number of carbonyl (C=O) groups is 1. The lowest BCUT2D eigenvalue weighted by Gasteiger charge is -2.36. The van der Waals surface area contributed by atoms with Crippen molar-refractivity contribution in [3.63, 3.8) is 0 Å². The van der Waals surface area contributed by atoms with Crippen molar-refractivity contribution in [2.24, 2.45) is 0 Å². The molecule has 1 aromatic carbocycles. The fourth-order valence-corrected chi connectivity index (χ4v) is 4.44. The van der Waals surface area contributed by atoms with Crippen molar-refractivity contribution in [1.29, 1.82) is 0 Å². The van der Waals surface area contributed by atoms with Gasteiger partial charge in [0, 0.05) is 55.0 Å². The highest BCUT2D eigenvalue weighted by Gasteiger charge is 2.46. The molecule has 0 spiro atoms. The minimum absolute atomic E-state index is 0.243. The van der Waals surface area contributed by atoms with E-state index in [0.29, 0.717) is 37.1 Å². The first-order valence-electron chi connectivity index (χ1n) is 10.9. The minimum Gasteiger partial charge on any atom is -0.380 e. The fraction of sp³-hybridized carbons (Fsp3) is 0.364. The maximum absolute atomic E-state index is 13.1. The Morgan fingerprint density at radius 1 is 1.11 bits per heavy atom. The van der Waals surface area contributed by atoms with Crippen LogP contribution in [0.25, 0.3) is 10.9 Å². The Labute approximate surface area is 200 Å². The first-order valence-corrected chi connectivity index (χ1v) is 12.4. The van der Waals surface area contributed by atoms with Crippen molar-refractivity contribution in [3.05, 3.63) is 48.3 Å². The van der Waals surface area contributed by atoms with Crippen molar-refractivity contribution >= 4 is 44.0 Å². The average Bonchev–Trinajstić information content (AvgIpc) is 3.21. The summed E-state index contributed by atoms with van der Waals surface area (Å²) in [6, 6.07) is 9.43. The number of pyridine rings is 1. The first-order chi connectivity index (χ1) is 16.4. The van der Waals surface area contributed by atoms with Gasteiger partial charge in [0.2, 0.25) is 0 Å². The Morgan fingerprint density at radius 3 is 2.49 bits per heavy atom. The molecule has 3 heterocycles. The van der Waals surface area contributed by atoms with E-state index in [0.717, 1.165) is 11.5 Å². The Balaban J connectivity index is 1.45. The van der Waals surface area contributed by atoms with Gasteiger partial charge >= 0.3 is 15.5 Å². The third-order valence-corrected chi connectivity index (χ3v) is 6.62. The molecule has 9 nitrogen and oxygen atoms in total. The van der Waals surface area contributed by atoms with Gasteiger partial charge in [0.1, 0.15) is 5.69 Å². The van der Waals surface area contributed by atoms with Crippen molar-refractivity contribution in [1.82, 2.24) is 14.9 Å². The van der Waals surface area contributed by atoms with Crippen LogP contribution in [-0.4, -0.2) is 66.9 Å². The molecule has 1 aliphatic heterocycles. The number of carbonyl (C=O) groups excluding carboxylic acids is 1. The Hall–Kier alpha value is -3.48. The second kappa shape index (κ2) is 9.29. The summed E-state index contributed by atoms with van der Waals surface area (Å²) in [5.74, 6) is 0.576. The molecule has 0 aliphatic carbocycles. The summed E-state index contributed by atoms with van der Waals surface area (Å²) in [6.07, 6.45) is 1.73. The summed E-state index contributed by atoms with van der Waals surface area (Å²) in [5, 5.41) is 3.79. The van der Waals surface area contributed by atoms with Gasteiger partial charge in [0.05, 0.1) is 5.69 Å². The van der Waals surface area contributed by atoms with Crippen molar-refractivity contribution in [2.75, 3.05) is 41.1 Å². The van der Waals surface area contributed by atoms with E-state index < -0.39 is 15.5 Å². The van der Waals surface area contributed by atoms with Crippen LogP contribution in [0.1, 0.15) is 24.3 Å². The normalized spacial score (nSPS) is 15.0. The molecular weight excluding hydrogens is 485 g/mol. The van der Waals surface area contributed by atoms with Crippen LogP contribution in [-0.2, 0) is 10.0 Å². The number of fused-ring (bicyclic) bond motifs is 1. The van der Waals surface area contributed by atoms with Crippen LogP contribution in [0.4, 0.5) is 30.4 Å². The maximum Gasteiger partial charge on any atom is 0.516 e. The Morgan fingerprint density at radius 2 is 1.83 bits per heavy atom. The standard InChI is InChI=1S/C22H25F3N6O3S/c1-14(2)27-18-4-3-7-26-20(18)30-8-10-31(11-9-30)21(32)19-13-15-12-16(5-6-17(15)28-19)29-35(33,34)22(23,24)25/h3-7,12-14,27-29H,8-11H2,1-2H3. The molecule has 2 aromatic heterocycles. The Kier molecular flexibility index (Phi) is 6.54. The molecule has 35 heavy (non-hydrogen) atoms. The molecule has 3 N–H and O–H groups in total. The Bertz CT molecular complexity index is 1330. The van der Waals surface area contributed by atoms with Crippen LogP contribution in [0.3, 0.4) is 0 Å². The smallest absolute Gasteiger partial charge is 0.380 e. The van der Waals surface area contributed by atoms with Crippen molar-refractivity contribution in [3.8, 4) is 0 Å². The highest BCUT2D eigenvalue weighted by molar-refractivity contribution is 7.93. The molecule has 0 bridgehead atoms. The summed E-state index contributed by atoms with van der Waals surface area (Å²) in [5.41, 5.74) is -3.98. The molecule has 3 aromatic rings. The van der Waals surface area contributed by atoms with Gasteiger partial charge in [-0.05, 0) is 50.2 Å². The quantitative estimate of drug-likeness (QED) is 0.467. The van der Waals surface area contributed by atoms with E-state index in [-0.39, 0.29) is 23.3 Å². The van der Waals surface area contributed by atoms with E-state index >= 15 is 0 Å². The number of hydrogen-bond acceptors (Lipinski definition) is 6. The number of piperazine rings is 1. The predicted molar refractivity (Wildman–Crippen MR) is 128 cm³/mol. The number of rotatable bonds is 6. The summed E-state index contributed by atoms with van der Waals surface area (Å²) < 4.78 is 62.2. The number of alkyl halides is 3. The third kappa shape index (κ3) is 5.29. The molecule has 0 radical (unpaired) electrons. The van der Waals surface area contributed by atoms with Gasteiger partial charge in [-0.1, -0.05) is 0 Å². The van der Waals surface area contributed by atoms with Crippen molar-refractivity contribution < 1.29 is 26.4 Å². The lowest BCUT2D eigenvalue weighted by molar-refractivity contribution is -0.0429. The SMILES string of the molecule is CC(C)Nc1cccnc1N1CCN(C(=O)c2cc3cc(NS(=O)(=O)C(F)(F)F)ccc3[nH]2)CC1. The molecule has 1 fully saturated rings. The van der Waals surface area contributed by atoms with Gasteiger partial charge in [0.15, 0.2) is 5.82 Å². The van der Waals surface area contributed by atoms with Crippen LogP contribution in [0.15, 0.2) is 42.6 Å². The van der Waals surface area contributed by atoms with Gasteiger partial charge in [0.25, 0.3) is 5.91 Å². The maximum atomic E-state index is 13.1. The largest absolute Gasteiger partial charge is 0.516 e. The molecule has 1 aliphatic rings. The average molecular weight is 511 g/mol. The zero-order valence-corrected chi connectivity index (χ0v) is 19.9. The van der Waals surface area contributed by atoms with E-state index in [1.54, 1.807) is 11.1 Å². The minimum atomic E-state index is -5.53. The van der Waals surface area contributed by atoms with Crippen LogP contribution in [0, 0.1) is 0 Å². The van der Waals surface area contributed by atoms with Gasteiger partial charge < -0.3 is 20.1 Å². The lowest BCUT2D eigenvalue weighted by atomic mass is 10.2. The van der Waals surface area contributed by atoms with E-state index in [9.17, 15) is 26.4 Å². The second-order valence-electron chi connectivity index (χ2n) is 8.49. The molecule has 13 heteroatoms. The van der Waals surface area contributed by atoms with E-state index in [2.05, 4.69) is 20.2 Å². The van der Waals surface area contributed by atoms with E-state index in [4.69, 9.17) is 0 Å². The lowest BCUT2D eigenvalue weighted by Crippen LogP contribution is -2.49. The third-order valence-electron chi connectivity index (χ3n) is 5.51. The van der Waals surface area contributed by atoms with Gasteiger partial charge in [-0.15, -0.1) is 0 Å². The number of sulfonamides is 1. The number of aromatic nitrogens is 2. The van der Waals surface area contributed by atoms with Crippen molar-refractivity contribution in [2.45, 2.75) is 25.4 Å². The summed E-state index contributed by atoms with van der Waals surface area (Å²) in [7, 11) is -5.53. The molecular formula is C22H25F3N6O3S. The molecule has 0 saturated carbocycles. The second-order valence-corrected chi connectivity index (χ2v) is 10.2. The van der Waals surface area contributed by atoms with Crippen LogP contribution in [0.5, 0.6) is 0 Å². The molecule has 0 unspecified atom stereocenters. The summed E-state index contributed by atoms with van der Waals surface area (Å²) in [6.45, 7) is 6.17. The fourth-order valence-electron chi connectivity index (χ4n) is 3.89. The number of aromatic amines is 1. The topological polar surface area (TPSA) is 110 Å². The summed E-state index contributed by atoms with van der Waals surface area (Å²) >= 11 is 0. The summed E-state index contributed by atoms with van der Waals surface area (Å²) in [4.78, 5) is 24.3. The highest BCUT2D eigenvalue weighted by Crippen LogP contribution is 2.28. The van der Waals surface area contributed by atoms with E-state index in [1.807, 2.05) is 26.0 Å². The number of hydrogen-bond donors (Lipinski definition) is 3. The molecule has 1 saturated heterocycles. The zero-order chi connectivity index (χ0) is 25.4. The van der Waals surface area contributed by atoms with Gasteiger partial charge in [-0.2, -0.15) is 21.6 Å². The monoisotopic (exact) mass is 510 g/mol. The number of amides is 1. The predicted octanol–water partition coefficient (Wildman–Crippen LogP) is 3.61. The zero-order valence-electron chi connectivity index (χ0n) is 19.1. The van der Waals surface area contributed by atoms with Gasteiger partial charge in [-0.3, -0.25) is 9.52 Å². The molecule has 188 valence electrons. The first kappa shape index (κ1) is 24.6. The van der Waals surface area contributed by atoms with Crippen LogP contribution < -0.4 is 14.9 Å². The van der Waals surface area contributed by atoms with Gasteiger partial charge in [-0.25, -0.2) is 4.98 Å². The molecule has 0 atom stereocenters. The highest BCUT2D eigenvalue weighted by atomic mass is 32.2. The number of H-pyrrole nitrogens is 1. The molecule has 1 amide bonds. The number of anilines is 3. The van der Waals surface area contributed by atoms with Crippen LogP contribution >= 0.6 is 0 Å². The number of halogens is 3. The number of benzene rings is 1. The van der Waals surface area contributed by atoms with E-state index in [1.165, 1.54) is 29.0 Å². The number of nitrogens with one attached hydrogen (secondary N) is 3.